The molecule has 1 aromatic heterocycles. The number of rotatable bonds is 3. The molecule has 0 bridgehead atoms. The fraction of sp³-hybridized carbons (Fsp3) is 0.538. The summed E-state index contributed by atoms with van der Waals surface area (Å²) in [6.45, 7) is 2.32. The lowest BCUT2D eigenvalue weighted by Crippen LogP contribution is -2.21. The highest BCUT2D eigenvalue weighted by molar-refractivity contribution is 5.90. The highest BCUT2D eigenvalue weighted by Gasteiger charge is 2.33. The molecule has 3 nitrogen and oxygen atoms in total. The van der Waals surface area contributed by atoms with Gasteiger partial charge in [-0.3, -0.25) is 4.98 Å². The zero-order valence-corrected chi connectivity index (χ0v) is 10.3. The monoisotopic (exact) mass is 255 g/mol. The molecule has 1 heterocycles. The average molecular weight is 255 g/mol. The third-order valence-electron chi connectivity index (χ3n) is 3.40. The molecule has 0 aliphatic heterocycles. The second-order valence-electron chi connectivity index (χ2n) is 4.91. The van der Waals surface area contributed by atoms with E-state index >= 15 is 0 Å². The molecule has 1 aliphatic carbocycles. The normalized spacial score (nSPS) is 16.4. The van der Waals surface area contributed by atoms with Crippen molar-refractivity contribution in [1.29, 1.82) is 0 Å². The van der Waals surface area contributed by atoms with Crippen LogP contribution in [0.25, 0.3) is 0 Å². The first-order chi connectivity index (χ1) is 8.30. The van der Waals surface area contributed by atoms with Crippen LogP contribution in [0.3, 0.4) is 0 Å². The Kier molecular flexibility index (Phi) is 3.09. The Morgan fingerprint density at radius 1 is 1.50 bits per heavy atom. The maximum atomic E-state index is 13.3. The Bertz CT molecular complexity index is 490. The van der Waals surface area contributed by atoms with Gasteiger partial charge in [0.25, 0.3) is 5.92 Å². The van der Waals surface area contributed by atoms with Crippen LogP contribution in [-0.2, 0) is 5.92 Å². The Labute approximate surface area is 104 Å². The molecule has 0 radical (unpaired) electrons. The van der Waals surface area contributed by atoms with Gasteiger partial charge in [0.1, 0.15) is 5.69 Å². The molecule has 1 saturated carbocycles. The van der Waals surface area contributed by atoms with Crippen LogP contribution in [0.2, 0.25) is 0 Å². The number of pyridine rings is 1. The summed E-state index contributed by atoms with van der Waals surface area (Å²) in [4.78, 5) is 15.1. The van der Waals surface area contributed by atoms with E-state index in [4.69, 9.17) is 0 Å². The van der Waals surface area contributed by atoms with Gasteiger partial charge in [-0.25, -0.2) is 4.79 Å². The number of aromatic carboxylic acids is 1. The molecule has 18 heavy (non-hydrogen) atoms. The molecule has 0 unspecified atom stereocenters. The van der Waals surface area contributed by atoms with Crippen LogP contribution >= 0.6 is 0 Å². The molecule has 0 atom stereocenters. The topological polar surface area (TPSA) is 50.2 Å². The zero-order chi connectivity index (χ0) is 13.5. The summed E-state index contributed by atoms with van der Waals surface area (Å²) < 4.78 is 26.6. The van der Waals surface area contributed by atoms with Gasteiger partial charge in [0, 0.05) is 12.8 Å². The maximum absolute atomic E-state index is 13.3. The minimum absolute atomic E-state index is 0.0112. The van der Waals surface area contributed by atoms with Crippen molar-refractivity contribution in [2.75, 3.05) is 0 Å². The predicted octanol–water partition coefficient (Wildman–Crippen LogP) is 3.47. The number of carboxylic acid groups (broad SMARTS) is 1. The number of hydrogen-bond donors (Lipinski definition) is 1. The Balaban J connectivity index is 2.58. The van der Waals surface area contributed by atoms with E-state index < -0.39 is 11.9 Å². The predicted molar refractivity (Wildman–Crippen MR) is 62.1 cm³/mol. The Morgan fingerprint density at radius 3 is 2.50 bits per heavy atom. The molecule has 0 saturated heterocycles. The summed E-state index contributed by atoms with van der Waals surface area (Å²) in [5.41, 5.74) is 0.431. The van der Waals surface area contributed by atoms with Crippen molar-refractivity contribution in [3.8, 4) is 0 Å². The van der Waals surface area contributed by atoms with Gasteiger partial charge in [-0.05, 0) is 31.4 Å². The minimum Gasteiger partial charge on any atom is -0.478 e. The highest BCUT2D eigenvalue weighted by atomic mass is 19.3. The van der Waals surface area contributed by atoms with Crippen LogP contribution in [0.5, 0.6) is 0 Å². The SMILES string of the molecule is Cc1cc(C(C)(F)F)nc(C2CCC2)c1C(=O)O. The number of aryl methyl sites for hydroxylation is 1. The van der Waals surface area contributed by atoms with Gasteiger partial charge in [0.05, 0.1) is 11.3 Å². The van der Waals surface area contributed by atoms with Crippen molar-refractivity contribution >= 4 is 5.97 Å². The third-order valence-corrected chi connectivity index (χ3v) is 3.40. The maximum Gasteiger partial charge on any atom is 0.337 e. The van der Waals surface area contributed by atoms with Crippen molar-refractivity contribution in [2.45, 2.75) is 45.0 Å². The number of alkyl halides is 2. The van der Waals surface area contributed by atoms with Gasteiger partial charge in [0.15, 0.2) is 0 Å². The van der Waals surface area contributed by atoms with E-state index in [0.29, 0.717) is 11.3 Å². The van der Waals surface area contributed by atoms with Gasteiger partial charge in [0.2, 0.25) is 0 Å². The van der Waals surface area contributed by atoms with Crippen LogP contribution in [-0.4, -0.2) is 16.1 Å². The molecule has 0 aromatic carbocycles. The molecule has 0 spiro atoms. The zero-order valence-electron chi connectivity index (χ0n) is 10.3. The average Bonchev–Trinajstić information content (AvgIpc) is 2.11. The Hall–Kier alpha value is -1.52. The number of nitrogens with zero attached hydrogens (tertiary/aromatic N) is 1. The number of halogens is 2. The molecule has 2 rings (SSSR count). The Morgan fingerprint density at radius 2 is 2.11 bits per heavy atom. The van der Waals surface area contributed by atoms with E-state index in [1.807, 2.05) is 0 Å². The van der Waals surface area contributed by atoms with E-state index in [0.717, 1.165) is 26.2 Å². The third kappa shape index (κ3) is 2.21. The fourth-order valence-corrected chi connectivity index (χ4v) is 2.18. The smallest absolute Gasteiger partial charge is 0.337 e. The lowest BCUT2D eigenvalue weighted by Gasteiger charge is -2.27. The van der Waals surface area contributed by atoms with E-state index in [-0.39, 0.29) is 17.2 Å². The first-order valence-corrected chi connectivity index (χ1v) is 5.94. The summed E-state index contributed by atoms with van der Waals surface area (Å²) in [5.74, 6) is -4.12. The lowest BCUT2D eigenvalue weighted by atomic mass is 9.80. The molecule has 1 N–H and O–H groups in total. The van der Waals surface area contributed by atoms with E-state index in [2.05, 4.69) is 4.98 Å². The highest BCUT2D eigenvalue weighted by Crippen LogP contribution is 2.39. The summed E-state index contributed by atoms with van der Waals surface area (Å²) in [5, 5.41) is 9.18. The number of hydrogen-bond acceptors (Lipinski definition) is 2. The molecule has 1 aromatic rings. The molecule has 98 valence electrons. The summed E-state index contributed by atoms with van der Waals surface area (Å²) in [7, 11) is 0. The van der Waals surface area contributed by atoms with Gasteiger partial charge in [-0.2, -0.15) is 8.78 Å². The van der Waals surface area contributed by atoms with Gasteiger partial charge in [-0.15, -0.1) is 0 Å². The number of aromatic nitrogens is 1. The number of carboxylic acids is 1. The second-order valence-corrected chi connectivity index (χ2v) is 4.91. The van der Waals surface area contributed by atoms with Gasteiger partial charge in [-0.1, -0.05) is 6.42 Å². The van der Waals surface area contributed by atoms with Crippen LogP contribution < -0.4 is 0 Å². The summed E-state index contributed by atoms with van der Waals surface area (Å²) >= 11 is 0. The number of carbonyl (C=O) groups is 1. The molecule has 0 amide bonds. The first-order valence-electron chi connectivity index (χ1n) is 5.94. The first kappa shape index (κ1) is 12.9. The molecular weight excluding hydrogens is 240 g/mol. The van der Waals surface area contributed by atoms with Crippen LogP contribution in [0.15, 0.2) is 6.07 Å². The molecule has 1 aliphatic rings. The van der Waals surface area contributed by atoms with E-state index in [1.54, 1.807) is 6.92 Å². The largest absolute Gasteiger partial charge is 0.478 e. The van der Waals surface area contributed by atoms with Crippen LogP contribution in [0, 0.1) is 6.92 Å². The van der Waals surface area contributed by atoms with Crippen molar-refractivity contribution in [3.05, 3.63) is 28.6 Å². The van der Waals surface area contributed by atoms with Gasteiger partial charge < -0.3 is 5.11 Å². The van der Waals surface area contributed by atoms with Crippen LogP contribution in [0.1, 0.15) is 59.4 Å². The van der Waals surface area contributed by atoms with Crippen molar-refractivity contribution in [2.24, 2.45) is 0 Å². The molecular formula is C13H15F2NO2. The van der Waals surface area contributed by atoms with Crippen LogP contribution in [0.4, 0.5) is 8.78 Å². The molecule has 1 fully saturated rings. The van der Waals surface area contributed by atoms with Crippen molar-refractivity contribution < 1.29 is 18.7 Å². The second kappa shape index (κ2) is 4.30. The van der Waals surface area contributed by atoms with Crippen molar-refractivity contribution in [1.82, 2.24) is 4.98 Å². The lowest BCUT2D eigenvalue weighted by molar-refractivity contribution is 0.0122. The van der Waals surface area contributed by atoms with Gasteiger partial charge >= 0.3 is 5.97 Å². The summed E-state index contributed by atoms with van der Waals surface area (Å²) in [6.07, 6.45) is 2.65. The fourth-order valence-electron chi connectivity index (χ4n) is 2.18. The van der Waals surface area contributed by atoms with Crippen molar-refractivity contribution in [3.63, 3.8) is 0 Å². The minimum atomic E-state index is -3.04. The molecule has 5 heteroatoms. The van der Waals surface area contributed by atoms with E-state index in [9.17, 15) is 18.7 Å². The van der Waals surface area contributed by atoms with E-state index in [1.165, 1.54) is 6.07 Å². The summed E-state index contributed by atoms with van der Waals surface area (Å²) in [6, 6.07) is 1.17. The standard InChI is InChI=1S/C13H15F2NO2/c1-7-6-9(13(2,14)15)16-11(8-4-3-5-8)10(7)12(17)18/h6,8H,3-5H2,1-2H3,(H,17,18). The quantitative estimate of drug-likeness (QED) is 0.899.